The Kier molecular flexibility index (Phi) is 8.35. The van der Waals surface area contributed by atoms with Crippen molar-refractivity contribution in [1.29, 1.82) is 0 Å². The lowest BCUT2D eigenvalue weighted by atomic mass is 9.91. The van der Waals surface area contributed by atoms with Gasteiger partial charge in [0.1, 0.15) is 5.01 Å². The van der Waals surface area contributed by atoms with Crippen LogP contribution in [0.15, 0.2) is 5.38 Å². The van der Waals surface area contributed by atoms with E-state index < -0.39 is 5.97 Å². The molecule has 1 rings (SSSR count). The predicted octanol–water partition coefficient (Wildman–Crippen LogP) is 3.12. The van der Waals surface area contributed by atoms with E-state index in [1.165, 1.54) is 18.4 Å². The smallest absolute Gasteiger partial charge is 0.357 e. The van der Waals surface area contributed by atoms with Gasteiger partial charge >= 0.3 is 5.97 Å². The van der Waals surface area contributed by atoms with Crippen LogP contribution in [0.4, 0.5) is 0 Å². The molecule has 0 bridgehead atoms. The van der Waals surface area contributed by atoms with Gasteiger partial charge in [-0.05, 0) is 18.8 Å². The molecule has 1 amide bonds. The Morgan fingerprint density at radius 2 is 2.04 bits per heavy atom. The van der Waals surface area contributed by atoms with Gasteiger partial charge in [-0.1, -0.05) is 20.8 Å². The summed E-state index contributed by atoms with van der Waals surface area (Å²) in [6, 6.07) is 0. The summed E-state index contributed by atoms with van der Waals surface area (Å²) in [6.07, 6.45) is 1.25. The zero-order chi connectivity index (χ0) is 18.2. The molecular weight excluding hydrogens is 328 g/mol. The fraction of sp³-hybridized carbons (Fsp3) is 0.706. The van der Waals surface area contributed by atoms with Crippen LogP contribution in [0.25, 0.3) is 0 Å². The number of methoxy groups -OCH3 is 1. The van der Waals surface area contributed by atoms with Gasteiger partial charge in [-0.3, -0.25) is 4.79 Å². The van der Waals surface area contributed by atoms with Gasteiger partial charge in [0.15, 0.2) is 5.69 Å². The van der Waals surface area contributed by atoms with E-state index in [1.807, 2.05) is 27.7 Å². The SMILES string of the molecule is CCOCCCN(Cc1nc(C(=O)OC)cs1)C(=O)CC(C)(C)C. The molecular formula is C17H28N2O4S. The van der Waals surface area contributed by atoms with Crippen LogP contribution in [-0.4, -0.2) is 48.6 Å². The maximum absolute atomic E-state index is 12.6. The number of hydrogen-bond donors (Lipinski definition) is 0. The summed E-state index contributed by atoms with van der Waals surface area (Å²) in [7, 11) is 1.33. The standard InChI is InChI=1S/C17H28N2O4S/c1-6-23-9-7-8-19(15(20)10-17(2,3)4)11-14-18-13(12-24-14)16(21)22-5/h12H,6-11H2,1-5H3. The lowest BCUT2D eigenvalue weighted by Crippen LogP contribution is -2.34. The minimum atomic E-state index is -0.457. The zero-order valence-electron chi connectivity index (χ0n) is 15.3. The second-order valence-corrected chi connectivity index (χ2v) is 7.66. The van der Waals surface area contributed by atoms with Crippen LogP contribution in [-0.2, 0) is 20.8 Å². The van der Waals surface area contributed by atoms with Crippen molar-refractivity contribution in [2.45, 2.75) is 47.1 Å². The van der Waals surface area contributed by atoms with Crippen LogP contribution in [0.1, 0.15) is 56.0 Å². The lowest BCUT2D eigenvalue weighted by Gasteiger charge is -2.26. The van der Waals surface area contributed by atoms with Gasteiger partial charge in [-0.25, -0.2) is 9.78 Å². The summed E-state index contributed by atoms with van der Waals surface area (Å²) < 4.78 is 10.0. The number of aromatic nitrogens is 1. The monoisotopic (exact) mass is 356 g/mol. The highest BCUT2D eigenvalue weighted by Crippen LogP contribution is 2.21. The molecule has 0 aliphatic rings. The van der Waals surface area contributed by atoms with Gasteiger partial charge < -0.3 is 14.4 Å². The van der Waals surface area contributed by atoms with Crippen molar-refractivity contribution in [2.75, 3.05) is 26.9 Å². The van der Waals surface area contributed by atoms with E-state index >= 15 is 0 Å². The van der Waals surface area contributed by atoms with Crippen LogP contribution in [0.2, 0.25) is 0 Å². The van der Waals surface area contributed by atoms with Gasteiger partial charge in [-0.2, -0.15) is 0 Å². The largest absolute Gasteiger partial charge is 0.464 e. The summed E-state index contributed by atoms with van der Waals surface area (Å²) >= 11 is 1.36. The number of amides is 1. The minimum Gasteiger partial charge on any atom is -0.464 e. The second kappa shape index (κ2) is 9.74. The Bertz CT molecular complexity index is 537. The van der Waals surface area contributed by atoms with Crippen molar-refractivity contribution in [3.8, 4) is 0 Å². The molecule has 0 fully saturated rings. The molecule has 7 heteroatoms. The van der Waals surface area contributed by atoms with E-state index in [0.717, 1.165) is 11.4 Å². The molecule has 0 spiro atoms. The number of nitrogens with zero attached hydrogens (tertiary/aromatic N) is 2. The predicted molar refractivity (Wildman–Crippen MR) is 94.1 cm³/mol. The lowest BCUT2D eigenvalue weighted by molar-refractivity contribution is -0.133. The van der Waals surface area contributed by atoms with Crippen molar-refractivity contribution in [3.63, 3.8) is 0 Å². The molecule has 0 saturated carbocycles. The molecule has 0 N–H and O–H groups in total. The summed E-state index contributed by atoms with van der Waals surface area (Å²) in [5, 5.41) is 2.39. The first-order valence-electron chi connectivity index (χ1n) is 8.15. The van der Waals surface area contributed by atoms with E-state index in [9.17, 15) is 9.59 Å². The average Bonchev–Trinajstić information content (AvgIpc) is 2.96. The Hall–Kier alpha value is -1.47. The Morgan fingerprint density at radius 3 is 2.62 bits per heavy atom. The van der Waals surface area contributed by atoms with Crippen LogP contribution in [0.3, 0.4) is 0 Å². The number of carbonyl (C=O) groups is 2. The van der Waals surface area contributed by atoms with Gasteiger partial charge in [0.2, 0.25) is 5.91 Å². The Labute approximate surface area is 148 Å². The van der Waals surface area contributed by atoms with Crippen molar-refractivity contribution in [3.05, 3.63) is 16.1 Å². The third-order valence-electron chi connectivity index (χ3n) is 3.23. The van der Waals surface area contributed by atoms with Crippen molar-refractivity contribution in [2.24, 2.45) is 5.41 Å². The Morgan fingerprint density at radius 1 is 1.33 bits per heavy atom. The van der Waals surface area contributed by atoms with Crippen LogP contribution in [0, 0.1) is 5.41 Å². The van der Waals surface area contributed by atoms with Crippen LogP contribution >= 0.6 is 11.3 Å². The number of ether oxygens (including phenoxy) is 2. The molecule has 0 aromatic carbocycles. The fourth-order valence-corrected chi connectivity index (χ4v) is 2.88. The molecule has 6 nitrogen and oxygen atoms in total. The molecule has 1 aromatic rings. The maximum Gasteiger partial charge on any atom is 0.357 e. The molecule has 1 aromatic heterocycles. The summed E-state index contributed by atoms with van der Waals surface area (Å²) in [6.45, 7) is 10.4. The maximum atomic E-state index is 12.6. The molecule has 0 unspecified atom stereocenters. The molecule has 0 aliphatic heterocycles. The van der Waals surface area contributed by atoms with E-state index in [4.69, 9.17) is 4.74 Å². The molecule has 0 radical (unpaired) electrons. The van der Waals surface area contributed by atoms with Crippen molar-refractivity contribution >= 4 is 23.2 Å². The molecule has 0 aliphatic carbocycles. The highest BCUT2D eigenvalue weighted by atomic mass is 32.1. The Balaban J connectivity index is 2.74. The molecule has 136 valence electrons. The van der Waals surface area contributed by atoms with E-state index in [1.54, 1.807) is 10.3 Å². The quantitative estimate of drug-likeness (QED) is 0.502. The number of esters is 1. The first-order chi connectivity index (χ1) is 11.3. The van der Waals surface area contributed by atoms with Gasteiger partial charge in [0, 0.05) is 31.6 Å². The fourth-order valence-electron chi connectivity index (χ4n) is 2.10. The van der Waals surface area contributed by atoms with Crippen LogP contribution < -0.4 is 0 Å². The summed E-state index contributed by atoms with van der Waals surface area (Å²) in [5.41, 5.74) is 0.213. The first kappa shape index (κ1) is 20.6. The van der Waals surface area contributed by atoms with Crippen LogP contribution in [0.5, 0.6) is 0 Å². The van der Waals surface area contributed by atoms with Crippen molar-refractivity contribution < 1.29 is 19.1 Å². The molecule has 24 heavy (non-hydrogen) atoms. The summed E-state index contributed by atoms with van der Waals surface area (Å²) in [5.74, 6) is -0.366. The summed E-state index contributed by atoms with van der Waals surface area (Å²) in [4.78, 5) is 30.2. The van der Waals surface area contributed by atoms with Crippen molar-refractivity contribution in [1.82, 2.24) is 9.88 Å². The molecule has 0 atom stereocenters. The average molecular weight is 356 g/mol. The zero-order valence-corrected chi connectivity index (χ0v) is 16.1. The highest BCUT2D eigenvalue weighted by Gasteiger charge is 2.22. The van der Waals surface area contributed by atoms with Gasteiger partial charge in [0.05, 0.1) is 13.7 Å². The number of thiazole rings is 1. The highest BCUT2D eigenvalue weighted by molar-refractivity contribution is 7.09. The van der Waals surface area contributed by atoms with Gasteiger partial charge in [0.25, 0.3) is 0 Å². The number of carbonyl (C=O) groups excluding carboxylic acids is 2. The second-order valence-electron chi connectivity index (χ2n) is 6.72. The molecule has 1 heterocycles. The number of hydrogen-bond acceptors (Lipinski definition) is 6. The van der Waals surface area contributed by atoms with E-state index in [2.05, 4.69) is 9.72 Å². The third-order valence-corrected chi connectivity index (χ3v) is 4.06. The first-order valence-corrected chi connectivity index (χ1v) is 9.03. The van der Waals surface area contributed by atoms with E-state index in [0.29, 0.717) is 32.7 Å². The molecule has 0 saturated heterocycles. The normalized spacial score (nSPS) is 11.4. The third kappa shape index (κ3) is 7.40. The van der Waals surface area contributed by atoms with E-state index in [-0.39, 0.29) is 17.0 Å². The topological polar surface area (TPSA) is 68.7 Å². The minimum absolute atomic E-state index is 0.0741. The van der Waals surface area contributed by atoms with Gasteiger partial charge in [-0.15, -0.1) is 11.3 Å². The number of rotatable bonds is 9.